The van der Waals surface area contributed by atoms with E-state index >= 15 is 0 Å². The Labute approximate surface area is 237 Å². The summed E-state index contributed by atoms with van der Waals surface area (Å²) >= 11 is 0. The van der Waals surface area contributed by atoms with Crippen LogP contribution in [0.15, 0.2) is 54.1 Å². The fraction of sp³-hybridized carbons (Fsp3) is 0.515. The second-order valence-corrected chi connectivity index (χ2v) is 11.9. The molecular formula is C33H42N4O3. The van der Waals surface area contributed by atoms with Gasteiger partial charge in [-0.1, -0.05) is 42.7 Å². The van der Waals surface area contributed by atoms with Crippen molar-refractivity contribution in [1.29, 1.82) is 0 Å². The van der Waals surface area contributed by atoms with Crippen LogP contribution in [-0.2, 0) is 4.79 Å². The molecule has 0 spiro atoms. The number of rotatable bonds is 6. The highest BCUT2D eigenvalue weighted by molar-refractivity contribution is 5.96. The molecule has 6 rings (SSSR count). The van der Waals surface area contributed by atoms with E-state index < -0.39 is 5.92 Å². The zero-order chi connectivity index (χ0) is 27.3. The summed E-state index contributed by atoms with van der Waals surface area (Å²) in [6.07, 6.45) is 13.1. The molecule has 3 aliphatic heterocycles. The average molecular weight is 543 g/mol. The lowest BCUT2D eigenvalue weighted by Gasteiger charge is -2.35. The van der Waals surface area contributed by atoms with Crippen LogP contribution in [0.4, 0.5) is 0 Å². The lowest BCUT2D eigenvalue weighted by molar-refractivity contribution is -0.122. The number of hydrogen-bond donors (Lipinski definition) is 3. The Balaban J connectivity index is 1.14. The van der Waals surface area contributed by atoms with E-state index in [0.29, 0.717) is 17.1 Å². The van der Waals surface area contributed by atoms with E-state index in [9.17, 15) is 9.59 Å². The molecule has 2 amide bonds. The Morgan fingerprint density at radius 2 is 1.73 bits per heavy atom. The number of ether oxygens (including phenoxy) is 1. The number of likely N-dealkylation sites (tertiary alicyclic amines) is 1. The van der Waals surface area contributed by atoms with Crippen molar-refractivity contribution < 1.29 is 14.3 Å². The second-order valence-electron chi connectivity index (χ2n) is 11.9. The van der Waals surface area contributed by atoms with Gasteiger partial charge in [0.15, 0.2) is 0 Å². The molecule has 2 atom stereocenters. The summed E-state index contributed by atoms with van der Waals surface area (Å²) in [5.74, 6) is 0.697. The van der Waals surface area contributed by atoms with Gasteiger partial charge < -0.3 is 20.7 Å². The molecule has 4 aliphatic rings. The molecule has 1 aliphatic carbocycles. The molecule has 0 saturated carbocycles. The molecule has 0 aromatic heterocycles. The third-order valence-electron chi connectivity index (χ3n) is 8.94. The molecule has 2 aromatic carbocycles. The summed E-state index contributed by atoms with van der Waals surface area (Å²) in [4.78, 5) is 29.5. The van der Waals surface area contributed by atoms with Gasteiger partial charge in [0.05, 0.1) is 5.92 Å². The fourth-order valence-electron chi connectivity index (χ4n) is 6.64. The van der Waals surface area contributed by atoms with Crippen LogP contribution in [-0.4, -0.2) is 61.5 Å². The van der Waals surface area contributed by atoms with Gasteiger partial charge in [0.1, 0.15) is 11.5 Å². The normalized spacial score (nSPS) is 24.9. The summed E-state index contributed by atoms with van der Waals surface area (Å²) in [7, 11) is 0. The first-order chi connectivity index (χ1) is 19.6. The van der Waals surface area contributed by atoms with Crippen molar-refractivity contribution in [1.82, 2.24) is 20.9 Å². The lowest BCUT2D eigenvalue weighted by atomic mass is 9.85. The van der Waals surface area contributed by atoms with E-state index in [0.717, 1.165) is 63.1 Å². The van der Waals surface area contributed by atoms with E-state index in [1.165, 1.54) is 38.5 Å². The zero-order valence-corrected chi connectivity index (χ0v) is 23.4. The van der Waals surface area contributed by atoms with Gasteiger partial charge in [-0.15, -0.1) is 0 Å². The number of carbonyl (C=O) groups is 2. The van der Waals surface area contributed by atoms with E-state index in [4.69, 9.17) is 4.74 Å². The van der Waals surface area contributed by atoms with Gasteiger partial charge in [-0.25, -0.2) is 0 Å². The van der Waals surface area contributed by atoms with Crippen LogP contribution >= 0.6 is 0 Å². The second kappa shape index (κ2) is 12.6. The number of carbonyl (C=O) groups excluding carboxylic acids is 2. The Hall–Kier alpha value is -3.16. The number of nitrogens with zero attached hydrogens (tertiary/aromatic N) is 1. The van der Waals surface area contributed by atoms with Crippen molar-refractivity contribution in [2.24, 2.45) is 0 Å². The summed E-state index contributed by atoms with van der Waals surface area (Å²) in [6.45, 7) is 4.78. The molecule has 2 fully saturated rings. The highest BCUT2D eigenvalue weighted by Crippen LogP contribution is 2.44. The molecule has 40 heavy (non-hydrogen) atoms. The minimum atomic E-state index is -0.515. The van der Waals surface area contributed by atoms with Gasteiger partial charge in [0.25, 0.3) is 5.91 Å². The maximum atomic E-state index is 13.9. The first kappa shape index (κ1) is 27.0. The topological polar surface area (TPSA) is 82.7 Å². The van der Waals surface area contributed by atoms with Gasteiger partial charge in [-0.2, -0.15) is 0 Å². The van der Waals surface area contributed by atoms with Crippen molar-refractivity contribution in [3.05, 3.63) is 70.8 Å². The quantitative estimate of drug-likeness (QED) is 0.454. The van der Waals surface area contributed by atoms with Crippen molar-refractivity contribution >= 4 is 11.8 Å². The van der Waals surface area contributed by atoms with Crippen molar-refractivity contribution in [2.75, 3.05) is 32.7 Å². The first-order valence-corrected chi connectivity index (χ1v) is 15.3. The summed E-state index contributed by atoms with van der Waals surface area (Å²) in [5.41, 5.74) is 3.76. The number of piperidine rings is 1. The van der Waals surface area contributed by atoms with Gasteiger partial charge in [-0.05, 0) is 75.8 Å². The Morgan fingerprint density at radius 1 is 0.900 bits per heavy atom. The van der Waals surface area contributed by atoms with Crippen LogP contribution in [0.3, 0.4) is 0 Å². The lowest BCUT2D eigenvalue weighted by Crippen LogP contribution is -2.46. The Morgan fingerprint density at radius 3 is 2.58 bits per heavy atom. The smallest absolute Gasteiger partial charge is 0.251 e. The van der Waals surface area contributed by atoms with Crippen LogP contribution in [0, 0.1) is 0 Å². The van der Waals surface area contributed by atoms with Crippen LogP contribution in [0.25, 0.3) is 0 Å². The van der Waals surface area contributed by atoms with E-state index in [2.05, 4.69) is 26.9 Å². The highest BCUT2D eigenvalue weighted by atomic mass is 16.5. The predicted molar refractivity (Wildman–Crippen MR) is 157 cm³/mol. The molecule has 3 heterocycles. The largest absolute Gasteiger partial charge is 0.457 e. The predicted octanol–water partition coefficient (Wildman–Crippen LogP) is 4.88. The number of amides is 2. The third-order valence-corrected chi connectivity index (χ3v) is 8.94. The van der Waals surface area contributed by atoms with Crippen molar-refractivity contribution in [3.63, 3.8) is 0 Å². The Kier molecular flexibility index (Phi) is 8.49. The number of nitrogens with one attached hydrogen (secondary N) is 3. The first-order valence-electron chi connectivity index (χ1n) is 15.3. The summed E-state index contributed by atoms with van der Waals surface area (Å²) < 4.78 is 6.19. The zero-order valence-electron chi connectivity index (χ0n) is 23.4. The standard InChI is InChI=1S/C33H42N4O3/c38-32(36-26-14-17-34-21-26)24-12-13-30-28(20-24)31(27-10-6-7-11-29(27)40-30)33(39)35-25-15-18-37(19-16-25)22-23-8-4-2-1-3-5-9-23/h6-8,10-13,20,25-26,31,34H,1-5,9,14-19,21-22H2,(H,35,39)(H,36,38)/b23-8+. The molecule has 0 radical (unpaired) electrons. The van der Waals surface area contributed by atoms with Crippen LogP contribution in [0.1, 0.15) is 85.2 Å². The number of benzene rings is 2. The molecule has 2 saturated heterocycles. The van der Waals surface area contributed by atoms with Gasteiger partial charge in [0.2, 0.25) is 5.91 Å². The van der Waals surface area contributed by atoms with Gasteiger partial charge in [0, 0.05) is 55.0 Å². The Bertz CT molecular complexity index is 1240. The SMILES string of the molecule is O=C(NC1CCNC1)c1ccc2c(c1)C(C(=O)NC1CCN(C/C3=C/CCCCCC3)CC1)c1ccccc1O2. The van der Waals surface area contributed by atoms with E-state index in [1.807, 2.05) is 36.4 Å². The van der Waals surface area contributed by atoms with Crippen LogP contribution in [0.2, 0.25) is 0 Å². The average Bonchev–Trinajstić information content (AvgIpc) is 3.46. The number of allylic oxidation sites excluding steroid dienone is 1. The molecule has 7 nitrogen and oxygen atoms in total. The maximum Gasteiger partial charge on any atom is 0.251 e. The number of hydrogen-bond acceptors (Lipinski definition) is 5. The molecule has 3 N–H and O–H groups in total. The van der Waals surface area contributed by atoms with Gasteiger partial charge in [-0.3, -0.25) is 14.5 Å². The van der Waals surface area contributed by atoms with Gasteiger partial charge >= 0.3 is 0 Å². The molecule has 2 unspecified atom stereocenters. The minimum absolute atomic E-state index is 0.0178. The van der Waals surface area contributed by atoms with Crippen molar-refractivity contribution in [2.45, 2.75) is 75.8 Å². The van der Waals surface area contributed by atoms with E-state index in [1.54, 1.807) is 11.6 Å². The monoisotopic (exact) mass is 542 g/mol. The summed E-state index contributed by atoms with van der Waals surface area (Å²) in [6, 6.07) is 13.5. The van der Waals surface area contributed by atoms with Crippen molar-refractivity contribution in [3.8, 4) is 11.5 Å². The fourth-order valence-corrected chi connectivity index (χ4v) is 6.64. The highest BCUT2D eigenvalue weighted by Gasteiger charge is 2.35. The van der Waals surface area contributed by atoms with Crippen LogP contribution in [0.5, 0.6) is 11.5 Å². The number of para-hydroxylation sites is 1. The minimum Gasteiger partial charge on any atom is -0.457 e. The maximum absolute atomic E-state index is 13.9. The molecule has 7 heteroatoms. The molecule has 2 aromatic rings. The molecular weight excluding hydrogens is 500 g/mol. The molecule has 212 valence electrons. The van der Waals surface area contributed by atoms with Crippen LogP contribution < -0.4 is 20.7 Å². The van der Waals surface area contributed by atoms with E-state index in [-0.39, 0.29) is 23.9 Å². The number of fused-ring (bicyclic) bond motifs is 2. The third kappa shape index (κ3) is 6.26. The molecule has 0 bridgehead atoms. The summed E-state index contributed by atoms with van der Waals surface area (Å²) in [5, 5.41) is 9.78.